The number of rotatable bonds is 6. The molecule has 0 bridgehead atoms. The average molecular weight is 249 g/mol. The molecule has 18 heavy (non-hydrogen) atoms. The van der Waals surface area contributed by atoms with Gasteiger partial charge >= 0.3 is 0 Å². The smallest absolute Gasteiger partial charge is 0.00978 e. The third-order valence-corrected chi connectivity index (χ3v) is 5.75. The van der Waals surface area contributed by atoms with Crippen molar-refractivity contribution in [3.8, 4) is 0 Å². The predicted molar refractivity (Wildman–Crippen MR) is 77.5 cm³/mol. The van der Waals surface area contributed by atoms with E-state index in [1.165, 1.54) is 57.9 Å². The summed E-state index contributed by atoms with van der Waals surface area (Å²) in [5.41, 5.74) is 0. The summed E-state index contributed by atoms with van der Waals surface area (Å²) in [7, 11) is 0. The van der Waals surface area contributed by atoms with Gasteiger partial charge in [0.2, 0.25) is 0 Å². The molecule has 0 heterocycles. The summed E-state index contributed by atoms with van der Waals surface area (Å²) in [5.74, 6) is 5.05. The molecule has 0 amide bonds. The van der Waals surface area contributed by atoms with Gasteiger partial charge in [-0.25, -0.2) is 0 Å². The van der Waals surface area contributed by atoms with Gasteiger partial charge in [-0.1, -0.05) is 26.7 Å². The van der Waals surface area contributed by atoms with Gasteiger partial charge < -0.3 is 5.32 Å². The van der Waals surface area contributed by atoms with Gasteiger partial charge in [-0.15, -0.1) is 0 Å². The van der Waals surface area contributed by atoms with Crippen molar-refractivity contribution < 1.29 is 0 Å². The van der Waals surface area contributed by atoms with Crippen molar-refractivity contribution in [1.29, 1.82) is 0 Å². The lowest BCUT2D eigenvalue weighted by atomic mass is 9.77. The molecule has 1 heteroatoms. The first kappa shape index (κ1) is 13.0. The number of hydrogen-bond acceptors (Lipinski definition) is 1. The maximum atomic E-state index is 4.00. The highest BCUT2D eigenvalue weighted by Gasteiger charge is 2.41. The maximum absolute atomic E-state index is 4.00. The molecule has 3 rings (SSSR count). The zero-order valence-corrected chi connectivity index (χ0v) is 12.3. The van der Waals surface area contributed by atoms with E-state index in [1.807, 2.05) is 0 Å². The molecule has 2 unspecified atom stereocenters. The van der Waals surface area contributed by atoms with Crippen molar-refractivity contribution in [2.75, 3.05) is 6.54 Å². The minimum absolute atomic E-state index is 0.832. The van der Waals surface area contributed by atoms with Crippen LogP contribution in [0.3, 0.4) is 0 Å². The van der Waals surface area contributed by atoms with Crippen molar-refractivity contribution in [3.63, 3.8) is 0 Å². The number of hydrogen-bond donors (Lipinski definition) is 1. The van der Waals surface area contributed by atoms with Crippen LogP contribution in [0, 0.1) is 29.6 Å². The molecule has 3 aliphatic carbocycles. The lowest BCUT2D eigenvalue weighted by Gasteiger charge is -2.36. The summed E-state index contributed by atoms with van der Waals surface area (Å²) >= 11 is 0. The third kappa shape index (κ3) is 3.10. The summed E-state index contributed by atoms with van der Waals surface area (Å²) in [6.45, 7) is 6.18. The molecule has 0 aliphatic heterocycles. The molecule has 104 valence electrons. The van der Waals surface area contributed by atoms with Gasteiger partial charge in [0.1, 0.15) is 0 Å². The second-order valence-corrected chi connectivity index (χ2v) is 7.55. The molecule has 1 N–H and O–H groups in total. The Balaban J connectivity index is 1.50. The Morgan fingerprint density at radius 3 is 2.06 bits per heavy atom. The summed E-state index contributed by atoms with van der Waals surface area (Å²) in [6.07, 6.45) is 11.9. The highest BCUT2D eigenvalue weighted by Crippen LogP contribution is 2.49. The van der Waals surface area contributed by atoms with E-state index in [0.717, 1.165) is 35.6 Å². The molecular weight excluding hydrogens is 218 g/mol. The lowest BCUT2D eigenvalue weighted by molar-refractivity contribution is 0.194. The Morgan fingerprint density at radius 1 is 0.889 bits per heavy atom. The molecule has 0 aromatic rings. The molecule has 0 saturated heterocycles. The molecule has 0 spiro atoms. The molecule has 3 fully saturated rings. The van der Waals surface area contributed by atoms with Gasteiger partial charge in [0.15, 0.2) is 0 Å². The second kappa shape index (κ2) is 5.53. The molecule has 3 aliphatic rings. The van der Waals surface area contributed by atoms with Crippen LogP contribution in [0.4, 0.5) is 0 Å². The van der Waals surface area contributed by atoms with E-state index in [4.69, 9.17) is 0 Å². The van der Waals surface area contributed by atoms with E-state index in [9.17, 15) is 0 Å². The lowest BCUT2D eigenvalue weighted by Crippen LogP contribution is -2.43. The van der Waals surface area contributed by atoms with Gasteiger partial charge in [-0.2, -0.15) is 0 Å². The highest BCUT2D eigenvalue weighted by molar-refractivity contribution is 4.94. The minimum Gasteiger partial charge on any atom is -0.313 e. The first-order chi connectivity index (χ1) is 8.75. The van der Waals surface area contributed by atoms with Crippen LogP contribution in [-0.4, -0.2) is 12.6 Å². The van der Waals surface area contributed by atoms with E-state index in [0.29, 0.717) is 0 Å². The van der Waals surface area contributed by atoms with Crippen LogP contribution in [0.5, 0.6) is 0 Å². The summed E-state index contributed by atoms with van der Waals surface area (Å²) in [5, 5.41) is 4.00. The van der Waals surface area contributed by atoms with Crippen molar-refractivity contribution >= 4 is 0 Å². The van der Waals surface area contributed by atoms with E-state index < -0.39 is 0 Å². The fraction of sp³-hybridized carbons (Fsp3) is 1.00. The predicted octanol–water partition coefficient (Wildman–Crippen LogP) is 4.23. The van der Waals surface area contributed by atoms with Crippen LogP contribution in [0.1, 0.15) is 65.2 Å². The van der Waals surface area contributed by atoms with Crippen LogP contribution < -0.4 is 5.32 Å². The Morgan fingerprint density at radius 2 is 1.50 bits per heavy atom. The second-order valence-electron chi connectivity index (χ2n) is 7.55. The zero-order valence-electron chi connectivity index (χ0n) is 12.3. The van der Waals surface area contributed by atoms with E-state index in [2.05, 4.69) is 19.2 Å². The SMILES string of the molecule is CC(C)C1CCCCC1NCC(C1CC1)C1CC1. The molecule has 1 nitrogen and oxygen atoms in total. The third-order valence-electron chi connectivity index (χ3n) is 5.75. The van der Waals surface area contributed by atoms with Crippen LogP contribution in [-0.2, 0) is 0 Å². The van der Waals surface area contributed by atoms with Crippen molar-refractivity contribution in [1.82, 2.24) is 5.32 Å². The Hall–Kier alpha value is -0.0400. The molecule has 0 radical (unpaired) electrons. The van der Waals surface area contributed by atoms with Gasteiger partial charge in [-0.3, -0.25) is 0 Å². The largest absolute Gasteiger partial charge is 0.313 e. The van der Waals surface area contributed by atoms with Crippen LogP contribution in [0.25, 0.3) is 0 Å². The van der Waals surface area contributed by atoms with Crippen molar-refractivity contribution in [3.05, 3.63) is 0 Å². The standard InChI is InChI=1S/C17H31N/c1-12(2)15-5-3-4-6-17(15)18-11-16(13-7-8-13)14-9-10-14/h12-18H,3-11H2,1-2H3. The molecule has 3 saturated carbocycles. The van der Waals surface area contributed by atoms with Crippen molar-refractivity contribution in [2.24, 2.45) is 29.6 Å². The van der Waals surface area contributed by atoms with Gasteiger partial charge in [0.05, 0.1) is 0 Å². The molecular formula is C17H31N. The fourth-order valence-corrected chi connectivity index (χ4v) is 4.27. The molecule has 0 aromatic heterocycles. The average Bonchev–Trinajstić information content (AvgIpc) is 3.24. The van der Waals surface area contributed by atoms with Gasteiger partial charge in [-0.05, 0) is 74.7 Å². The maximum Gasteiger partial charge on any atom is 0.00978 e. The zero-order chi connectivity index (χ0) is 12.5. The van der Waals surface area contributed by atoms with E-state index in [-0.39, 0.29) is 0 Å². The Bertz CT molecular complexity index is 253. The van der Waals surface area contributed by atoms with Crippen LogP contribution in [0.2, 0.25) is 0 Å². The Labute approximate surface area is 113 Å². The quantitative estimate of drug-likeness (QED) is 0.743. The van der Waals surface area contributed by atoms with E-state index in [1.54, 1.807) is 0 Å². The minimum atomic E-state index is 0.832. The van der Waals surface area contributed by atoms with E-state index >= 15 is 0 Å². The topological polar surface area (TPSA) is 12.0 Å². The number of nitrogens with one attached hydrogen (secondary N) is 1. The fourth-order valence-electron chi connectivity index (χ4n) is 4.27. The first-order valence-electron chi connectivity index (χ1n) is 8.49. The normalized spacial score (nSPS) is 33.3. The van der Waals surface area contributed by atoms with Crippen LogP contribution in [0.15, 0.2) is 0 Å². The van der Waals surface area contributed by atoms with Gasteiger partial charge in [0.25, 0.3) is 0 Å². The summed E-state index contributed by atoms with van der Waals surface area (Å²) < 4.78 is 0. The van der Waals surface area contributed by atoms with Gasteiger partial charge in [0, 0.05) is 6.04 Å². The first-order valence-corrected chi connectivity index (χ1v) is 8.49. The Kier molecular flexibility index (Phi) is 3.98. The molecule has 2 atom stereocenters. The summed E-state index contributed by atoms with van der Waals surface area (Å²) in [4.78, 5) is 0. The van der Waals surface area contributed by atoms with Crippen LogP contribution >= 0.6 is 0 Å². The molecule has 0 aromatic carbocycles. The monoisotopic (exact) mass is 249 g/mol. The summed E-state index contributed by atoms with van der Waals surface area (Å²) in [6, 6.07) is 0.832. The highest BCUT2D eigenvalue weighted by atomic mass is 14.9. The van der Waals surface area contributed by atoms with Crippen molar-refractivity contribution in [2.45, 2.75) is 71.3 Å².